The molecule has 114 valence electrons. The van der Waals surface area contributed by atoms with E-state index in [-0.39, 0.29) is 17.9 Å². The van der Waals surface area contributed by atoms with Crippen LogP contribution in [-0.2, 0) is 6.61 Å². The van der Waals surface area contributed by atoms with Gasteiger partial charge in [0.05, 0.1) is 29.0 Å². The quantitative estimate of drug-likeness (QED) is 0.455. The van der Waals surface area contributed by atoms with Crippen molar-refractivity contribution >= 4 is 27.6 Å². The van der Waals surface area contributed by atoms with Gasteiger partial charge >= 0.3 is 0 Å². The van der Waals surface area contributed by atoms with E-state index in [1.165, 1.54) is 0 Å². The number of hydrogen-bond donors (Lipinski definition) is 4. The number of aliphatic hydroxyl groups is 1. The summed E-state index contributed by atoms with van der Waals surface area (Å²) in [5.41, 5.74) is 10.0. The van der Waals surface area contributed by atoms with E-state index < -0.39 is 0 Å². The molecule has 0 bridgehead atoms. The zero-order chi connectivity index (χ0) is 16.0. The first-order valence-electron chi connectivity index (χ1n) is 7.18. The van der Waals surface area contributed by atoms with Crippen molar-refractivity contribution in [1.82, 2.24) is 15.0 Å². The van der Waals surface area contributed by atoms with Crippen LogP contribution in [0.5, 0.6) is 0 Å². The standard InChI is InChI=1S/C17H14N4O2/c18-14-10-7-9(8-22)5-6-11(10)19-15(14)16-17(23)21-13-4-2-1-3-12(13)20-16/h1-7,19,22H,8,18H2,(H,21,23). The fraction of sp³-hybridized carbons (Fsp3) is 0.0588. The lowest BCUT2D eigenvalue weighted by Crippen LogP contribution is -2.12. The molecule has 0 spiro atoms. The second-order valence-corrected chi connectivity index (χ2v) is 5.38. The zero-order valence-electron chi connectivity index (χ0n) is 12.1. The largest absolute Gasteiger partial charge is 0.396 e. The molecular weight excluding hydrogens is 292 g/mol. The normalized spacial score (nSPS) is 11.3. The van der Waals surface area contributed by atoms with Gasteiger partial charge in [-0.15, -0.1) is 0 Å². The van der Waals surface area contributed by atoms with Crippen molar-refractivity contribution in [2.24, 2.45) is 0 Å². The Morgan fingerprint density at radius 1 is 1.09 bits per heavy atom. The molecule has 2 aromatic carbocycles. The minimum Gasteiger partial charge on any atom is -0.396 e. The van der Waals surface area contributed by atoms with E-state index in [0.717, 1.165) is 16.5 Å². The topological polar surface area (TPSA) is 108 Å². The molecule has 2 aromatic heterocycles. The second-order valence-electron chi connectivity index (χ2n) is 5.38. The highest BCUT2D eigenvalue weighted by Gasteiger charge is 2.16. The molecule has 0 aliphatic heterocycles. The average Bonchev–Trinajstić information content (AvgIpc) is 2.90. The Kier molecular flexibility index (Phi) is 2.92. The van der Waals surface area contributed by atoms with Gasteiger partial charge in [0.2, 0.25) is 0 Å². The monoisotopic (exact) mass is 306 g/mol. The van der Waals surface area contributed by atoms with E-state index in [0.29, 0.717) is 22.4 Å². The van der Waals surface area contributed by atoms with E-state index >= 15 is 0 Å². The number of benzene rings is 2. The van der Waals surface area contributed by atoms with Crippen molar-refractivity contribution in [2.45, 2.75) is 6.61 Å². The number of anilines is 1. The van der Waals surface area contributed by atoms with Gasteiger partial charge in [-0.3, -0.25) is 4.79 Å². The molecule has 0 atom stereocenters. The number of nitrogens with two attached hydrogens (primary N) is 1. The smallest absolute Gasteiger partial charge is 0.276 e. The Morgan fingerprint density at radius 2 is 1.91 bits per heavy atom. The fourth-order valence-corrected chi connectivity index (χ4v) is 2.74. The molecule has 5 N–H and O–H groups in total. The second kappa shape index (κ2) is 4.96. The van der Waals surface area contributed by atoms with Crippen LogP contribution in [0, 0.1) is 0 Å². The molecular formula is C17H14N4O2. The summed E-state index contributed by atoms with van der Waals surface area (Å²) in [6, 6.07) is 12.8. The minimum absolute atomic E-state index is 0.0648. The minimum atomic E-state index is -0.302. The van der Waals surface area contributed by atoms with Crippen LogP contribution in [0.2, 0.25) is 0 Å². The molecule has 0 saturated heterocycles. The molecule has 0 aliphatic carbocycles. The van der Waals surface area contributed by atoms with Crippen LogP contribution < -0.4 is 11.3 Å². The van der Waals surface area contributed by atoms with E-state index in [4.69, 9.17) is 5.73 Å². The van der Waals surface area contributed by atoms with Crippen molar-refractivity contribution < 1.29 is 5.11 Å². The fourth-order valence-electron chi connectivity index (χ4n) is 2.74. The lowest BCUT2D eigenvalue weighted by Gasteiger charge is -2.02. The highest BCUT2D eigenvalue weighted by molar-refractivity contribution is 6.00. The van der Waals surface area contributed by atoms with Crippen molar-refractivity contribution in [3.63, 3.8) is 0 Å². The first-order valence-corrected chi connectivity index (χ1v) is 7.18. The lowest BCUT2D eigenvalue weighted by atomic mass is 10.1. The molecule has 4 rings (SSSR count). The third kappa shape index (κ3) is 2.08. The van der Waals surface area contributed by atoms with Crippen LogP contribution in [-0.4, -0.2) is 20.1 Å². The molecule has 0 saturated carbocycles. The Bertz CT molecular complexity index is 1090. The highest BCUT2D eigenvalue weighted by Crippen LogP contribution is 2.31. The maximum absolute atomic E-state index is 12.4. The van der Waals surface area contributed by atoms with E-state index in [9.17, 15) is 9.90 Å². The number of hydrogen-bond acceptors (Lipinski definition) is 4. The van der Waals surface area contributed by atoms with Crippen molar-refractivity contribution in [2.75, 3.05) is 5.73 Å². The van der Waals surface area contributed by atoms with Crippen LogP contribution in [0.25, 0.3) is 33.3 Å². The lowest BCUT2D eigenvalue weighted by molar-refractivity contribution is 0.282. The van der Waals surface area contributed by atoms with Gasteiger partial charge in [-0.25, -0.2) is 4.98 Å². The van der Waals surface area contributed by atoms with Crippen LogP contribution in [0.3, 0.4) is 0 Å². The number of nitrogens with zero attached hydrogens (tertiary/aromatic N) is 1. The maximum atomic E-state index is 12.4. The van der Waals surface area contributed by atoms with Crippen molar-refractivity contribution in [3.8, 4) is 11.4 Å². The molecule has 6 heteroatoms. The summed E-state index contributed by atoms with van der Waals surface area (Å²) in [6.45, 7) is -0.0648. The summed E-state index contributed by atoms with van der Waals surface area (Å²) in [5.74, 6) is 0. The molecule has 0 aliphatic rings. The van der Waals surface area contributed by atoms with E-state index in [1.807, 2.05) is 24.3 Å². The van der Waals surface area contributed by atoms with E-state index in [2.05, 4.69) is 15.0 Å². The summed E-state index contributed by atoms with van der Waals surface area (Å²) in [5, 5.41) is 10.0. The summed E-state index contributed by atoms with van der Waals surface area (Å²) in [4.78, 5) is 22.8. The van der Waals surface area contributed by atoms with Crippen LogP contribution >= 0.6 is 0 Å². The number of nitrogen functional groups attached to an aromatic ring is 1. The predicted octanol–water partition coefficient (Wildman–Crippen LogP) is 2.15. The first kappa shape index (κ1) is 13.5. The van der Waals surface area contributed by atoms with Gasteiger partial charge in [0.15, 0.2) is 5.69 Å². The predicted molar refractivity (Wildman–Crippen MR) is 90.0 cm³/mol. The Balaban J connectivity index is 2.00. The molecule has 0 fully saturated rings. The molecule has 2 heterocycles. The molecule has 0 radical (unpaired) electrons. The van der Waals surface area contributed by atoms with Gasteiger partial charge in [-0.1, -0.05) is 18.2 Å². The number of aromatic amines is 2. The number of aromatic nitrogens is 3. The van der Waals surface area contributed by atoms with Crippen molar-refractivity contribution in [3.05, 3.63) is 58.4 Å². The molecule has 23 heavy (non-hydrogen) atoms. The van der Waals surface area contributed by atoms with Crippen molar-refractivity contribution in [1.29, 1.82) is 0 Å². The Morgan fingerprint density at radius 3 is 2.74 bits per heavy atom. The van der Waals surface area contributed by atoms with Crippen LogP contribution in [0.1, 0.15) is 5.56 Å². The maximum Gasteiger partial charge on any atom is 0.276 e. The Hall–Kier alpha value is -3.12. The third-order valence-corrected chi connectivity index (χ3v) is 3.92. The molecule has 6 nitrogen and oxygen atoms in total. The number of nitrogens with one attached hydrogen (secondary N) is 2. The van der Waals surface area contributed by atoms with Gasteiger partial charge in [0.1, 0.15) is 0 Å². The summed E-state index contributed by atoms with van der Waals surface area (Å²) in [7, 11) is 0. The summed E-state index contributed by atoms with van der Waals surface area (Å²) < 4.78 is 0. The first-order chi connectivity index (χ1) is 11.2. The van der Waals surface area contributed by atoms with Gasteiger partial charge in [-0.2, -0.15) is 0 Å². The zero-order valence-corrected chi connectivity index (χ0v) is 12.1. The SMILES string of the molecule is Nc1c(-c2nc3ccccc3[nH]c2=O)[nH]c2ccc(CO)cc12. The summed E-state index contributed by atoms with van der Waals surface area (Å²) >= 11 is 0. The van der Waals surface area contributed by atoms with Crippen LogP contribution in [0.4, 0.5) is 5.69 Å². The Labute approximate surface area is 130 Å². The van der Waals surface area contributed by atoms with Gasteiger partial charge in [0, 0.05) is 10.9 Å². The van der Waals surface area contributed by atoms with E-state index in [1.54, 1.807) is 18.2 Å². The van der Waals surface area contributed by atoms with Gasteiger partial charge < -0.3 is 20.8 Å². The third-order valence-electron chi connectivity index (χ3n) is 3.92. The summed E-state index contributed by atoms with van der Waals surface area (Å²) in [6.07, 6.45) is 0. The molecule has 4 aromatic rings. The number of para-hydroxylation sites is 2. The molecule has 0 unspecified atom stereocenters. The number of rotatable bonds is 2. The average molecular weight is 306 g/mol. The number of aliphatic hydroxyl groups excluding tert-OH is 1. The van der Waals surface area contributed by atoms with Gasteiger partial charge in [0.25, 0.3) is 5.56 Å². The highest BCUT2D eigenvalue weighted by atomic mass is 16.3. The number of fused-ring (bicyclic) bond motifs is 2. The van der Waals surface area contributed by atoms with Gasteiger partial charge in [-0.05, 0) is 29.8 Å². The van der Waals surface area contributed by atoms with Crippen LogP contribution in [0.15, 0.2) is 47.3 Å². The molecule has 0 amide bonds. The number of H-pyrrole nitrogens is 2.